The normalized spacial score (nSPS) is 31.8. The Morgan fingerprint density at radius 3 is 2.47 bits per heavy atom. The molecule has 0 amide bonds. The molecule has 86 valence electrons. The zero-order chi connectivity index (χ0) is 10.5. The molecule has 15 heavy (non-hydrogen) atoms. The molecule has 0 aromatic carbocycles. The van der Waals surface area contributed by atoms with Crippen molar-refractivity contribution in [1.82, 2.24) is 0 Å². The minimum Gasteiger partial charge on any atom is -0.504 e. The summed E-state index contributed by atoms with van der Waals surface area (Å²) >= 11 is 0. The van der Waals surface area contributed by atoms with Crippen LogP contribution in [0.3, 0.4) is 0 Å². The van der Waals surface area contributed by atoms with Gasteiger partial charge in [-0.05, 0) is 49.5 Å². The molecule has 0 heterocycles. The highest BCUT2D eigenvalue weighted by Gasteiger charge is 2.28. The van der Waals surface area contributed by atoms with Crippen molar-refractivity contribution in [3.8, 4) is 0 Å². The minimum absolute atomic E-state index is 0.860. The first kappa shape index (κ1) is 11.0. The van der Waals surface area contributed by atoms with E-state index in [0.29, 0.717) is 0 Å². The van der Waals surface area contributed by atoms with Gasteiger partial charge in [-0.3, -0.25) is 0 Å². The Bertz CT molecular complexity index is 213. The number of ether oxygens (including phenoxy) is 1. The zero-order valence-corrected chi connectivity index (χ0v) is 10.0. The Morgan fingerprint density at radius 2 is 1.73 bits per heavy atom. The second-order valence-electron chi connectivity index (χ2n) is 5.18. The molecule has 0 N–H and O–H groups in total. The number of hydrogen-bond acceptors (Lipinski definition) is 1. The molecule has 1 heteroatoms. The maximum absolute atomic E-state index is 5.24. The van der Waals surface area contributed by atoms with Crippen LogP contribution in [-0.4, -0.2) is 7.11 Å². The highest BCUT2D eigenvalue weighted by atomic mass is 16.5. The van der Waals surface area contributed by atoms with Crippen molar-refractivity contribution in [2.75, 3.05) is 7.11 Å². The average molecular weight is 208 g/mol. The van der Waals surface area contributed by atoms with E-state index in [9.17, 15) is 0 Å². The van der Waals surface area contributed by atoms with E-state index in [4.69, 9.17) is 4.74 Å². The van der Waals surface area contributed by atoms with Gasteiger partial charge < -0.3 is 4.74 Å². The third-order valence-corrected chi connectivity index (χ3v) is 4.19. The van der Waals surface area contributed by atoms with Crippen molar-refractivity contribution in [2.45, 2.75) is 57.8 Å². The summed E-state index contributed by atoms with van der Waals surface area (Å²) in [6.07, 6.45) is 14.9. The fraction of sp³-hybridized carbons (Fsp3) is 0.857. The third kappa shape index (κ3) is 2.76. The van der Waals surface area contributed by atoms with Crippen molar-refractivity contribution in [2.24, 2.45) is 11.8 Å². The molecule has 0 spiro atoms. The average Bonchev–Trinajstić information content (AvgIpc) is 2.31. The molecule has 0 radical (unpaired) electrons. The molecule has 2 aliphatic rings. The second-order valence-corrected chi connectivity index (χ2v) is 5.18. The van der Waals surface area contributed by atoms with Gasteiger partial charge in [0.2, 0.25) is 0 Å². The summed E-state index contributed by atoms with van der Waals surface area (Å²) in [7, 11) is 1.79. The molecule has 2 fully saturated rings. The Hall–Kier alpha value is -0.460. The summed E-state index contributed by atoms with van der Waals surface area (Å²) in [5, 5.41) is 0. The van der Waals surface area contributed by atoms with Crippen molar-refractivity contribution in [3.05, 3.63) is 11.8 Å². The minimum atomic E-state index is 0.860. The lowest BCUT2D eigenvalue weighted by Crippen LogP contribution is -2.22. The van der Waals surface area contributed by atoms with Crippen LogP contribution in [0.5, 0.6) is 0 Å². The predicted molar refractivity (Wildman–Crippen MR) is 63.6 cm³/mol. The Morgan fingerprint density at radius 1 is 1.00 bits per heavy atom. The number of hydrogen-bond donors (Lipinski definition) is 0. The van der Waals surface area contributed by atoms with Gasteiger partial charge in [0.05, 0.1) is 13.4 Å². The molecule has 2 aliphatic carbocycles. The maximum atomic E-state index is 5.24. The lowest BCUT2D eigenvalue weighted by atomic mass is 9.71. The van der Waals surface area contributed by atoms with E-state index in [2.05, 4.69) is 0 Å². The molecule has 2 rings (SSSR count). The van der Waals surface area contributed by atoms with E-state index in [-0.39, 0.29) is 0 Å². The smallest absolute Gasteiger partial charge is 0.0819 e. The van der Waals surface area contributed by atoms with Crippen molar-refractivity contribution < 1.29 is 4.74 Å². The fourth-order valence-electron chi connectivity index (χ4n) is 3.44. The SMILES string of the molecule is COC=C1CCCCC1C1CCCCC1. The van der Waals surface area contributed by atoms with Crippen LogP contribution in [0.1, 0.15) is 57.8 Å². The molecule has 1 atom stereocenters. The second kappa shape index (κ2) is 5.58. The standard InChI is InChI=1S/C14H24O/c1-15-11-13-9-5-6-10-14(13)12-7-3-2-4-8-12/h11-12,14H,2-10H2,1H3. The Labute approximate surface area is 93.9 Å². The van der Waals surface area contributed by atoms with E-state index in [0.717, 1.165) is 11.8 Å². The highest BCUT2D eigenvalue weighted by Crippen LogP contribution is 2.41. The Balaban J connectivity index is 1.99. The molecule has 0 aromatic rings. The molecule has 0 bridgehead atoms. The van der Waals surface area contributed by atoms with Crippen molar-refractivity contribution >= 4 is 0 Å². The quantitative estimate of drug-likeness (QED) is 0.615. The van der Waals surface area contributed by atoms with E-state index in [1.165, 1.54) is 57.8 Å². The largest absolute Gasteiger partial charge is 0.504 e. The predicted octanol–water partition coefficient (Wildman–Crippen LogP) is 4.29. The number of methoxy groups -OCH3 is 1. The van der Waals surface area contributed by atoms with Gasteiger partial charge in [0.1, 0.15) is 0 Å². The van der Waals surface area contributed by atoms with Gasteiger partial charge >= 0.3 is 0 Å². The molecule has 0 aromatic heterocycles. The molecule has 1 nitrogen and oxygen atoms in total. The summed E-state index contributed by atoms with van der Waals surface area (Å²) in [4.78, 5) is 0. The maximum Gasteiger partial charge on any atom is 0.0819 e. The number of allylic oxidation sites excluding steroid dienone is 1. The summed E-state index contributed by atoms with van der Waals surface area (Å²) in [5.41, 5.74) is 1.61. The van der Waals surface area contributed by atoms with E-state index >= 15 is 0 Å². The van der Waals surface area contributed by atoms with Gasteiger partial charge in [0.25, 0.3) is 0 Å². The van der Waals surface area contributed by atoms with Gasteiger partial charge in [0, 0.05) is 0 Å². The van der Waals surface area contributed by atoms with E-state index < -0.39 is 0 Å². The molecular formula is C14H24O. The van der Waals surface area contributed by atoms with Crippen LogP contribution < -0.4 is 0 Å². The summed E-state index contributed by atoms with van der Waals surface area (Å²) in [5.74, 6) is 1.83. The summed E-state index contributed by atoms with van der Waals surface area (Å²) < 4.78 is 5.24. The van der Waals surface area contributed by atoms with Gasteiger partial charge in [0.15, 0.2) is 0 Å². The van der Waals surface area contributed by atoms with Crippen molar-refractivity contribution in [3.63, 3.8) is 0 Å². The van der Waals surface area contributed by atoms with Crippen LogP contribution >= 0.6 is 0 Å². The summed E-state index contributed by atoms with van der Waals surface area (Å²) in [6, 6.07) is 0. The lowest BCUT2D eigenvalue weighted by molar-refractivity contribution is 0.231. The van der Waals surface area contributed by atoms with Crippen LogP contribution in [-0.2, 0) is 4.74 Å². The fourth-order valence-corrected chi connectivity index (χ4v) is 3.44. The molecule has 1 unspecified atom stereocenters. The first-order valence-electron chi connectivity index (χ1n) is 6.63. The van der Waals surface area contributed by atoms with E-state index in [1.54, 1.807) is 12.7 Å². The molecular weight excluding hydrogens is 184 g/mol. The van der Waals surface area contributed by atoms with E-state index in [1.807, 2.05) is 6.26 Å². The summed E-state index contributed by atoms with van der Waals surface area (Å²) in [6.45, 7) is 0. The first-order chi connectivity index (χ1) is 7.42. The van der Waals surface area contributed by atoms with Gasteiger partial charge in [-0.2, -0.15) is 0 Å². The monoisotopic (exact) mass is 208 g/mol. The van der Waals surface area contributed by atoms with Crippen molar-refractivity contribution in [1.29, 1.82) is 0 Å². The zero-order valence-electron chi connectivity index (χ0n) is 10.0. The first-order valence-corrected chi connectivity index (χ1v) is 6.63. The molecule has 0 saturated heterocycles. The van der Waals surface area contributed by atoms with Gasteiger partial charge in [-0.15, -0.1) is 0 Å². The van der Waals surface area contributed by atoms with Crippen LogP contribution in [0.4, 0.5) is 0 Å². The van der Waals surface area contributed by atoms with Gasteiger partial charge in [-0.25, -0.2) is 0 Å². The van der Waals surface area contributed by atoms with Crippen LogP contribution in [0.2, 0.25) is 0 Å². The molecule has 0 aliphatic heterocycles. The van der Waals surface area contributed by atoms with Crippen LogP contribution in [0.25, 0.3) is 0 Å². The topological polar surface area (TPSA) is 9.23 Å². The Kier molecular flexibility index (Phi) is 4.10. The van der Waals surface area contributed by atoms with Crippen LogP contribution in [0.15, 0.2) is 11.8 Å². The third-order valence-electron chi connectivity index (χ3n) is 4.19. The molecule has 2 saturated carbocycles. The highest BCUT2D eigenvalue weighted by molar-refractivity contribution is 5.08. The van der Waals surface area contributed by atoms with Crippen LogP contribution in [0, 0.1) is 11.8 Å². The number of rotatable bonds is 2. The lowest BCUT2D eigenvalue weighted by Gasteiger charge is -2.34. The van der Waals surface area contributed by atoms with Gasteiger partial charge in [-0.1, -0.05) is 25.7 Å².